The molecule has 1 aromatic heterocycles. The summed E-state index contributed by atoms with van der Waals surface area (Å²) in [6, 6.07) is 3.96. The largest absolute Gasteiger partial charge is 0.403 e. The van der Waals surface area contributed by atoms with E-state index in [0.717, 1.165) is 60.6 Å². The van der Waals surface area contributed by atoms with Crippen LogP contribution in [0.5, 0.6) is 0 Å². The van der Waals surface area contributed by atoms with E-state index in [0.29, 0.717) is 22.2 Å². The van der Waals surface area contributed by atoms with Gasteiger partial charge >= 0.3 is 0 Å². The molecule has 1 aromatic carbocycles. The molecule has 1 aliphatic carbocycles. The molecule has 1 saturated carbocycles. The van der Waals surface area contributed by atoms with Gasteiger partial charge in [0.25, 0.3) is 0 Å². The molecule has 7 nitrogen and oxygen atoms in total. The van der Waals surface area contributed by atoms with Crippen molar-refractivity contribution in [3.05, 3.63) is 35.2 Å². The molecule has 0 amide bonds. The molecule has 2 saturated heterocycles. The number of aliphatic imine (C=N–C) groups is 1. The van der Waals surface area contributed by atoms with E-state index in [1.165, 1.54) is 6.20 Å². The van der Waals surface area contributed by atoms with Gasteiger partial charge in [-0.05, 0) is 38.9 Å². The zero-order valence-corrected chi connectivity index (χ0v) is 18.6. The quantitative estimate of drug-likeness (QED) is 0.685. The van der Waals surface area contributed by atoms with Gasteiger partial charge in [0.2, 0.25) is 5.95 Å². The fourth-order valence-electron chi connectivity index (χ4n) is 4.45. The summed E-state index contributed by atoms with van der Waals surface area (Å²) in [5, 5.41) is 5.05. The lowest BCUT2D eigenvalue weighted by molar-refractivity contribution is -0.00236. The van der Waals surface area contributed by atoms with Crippen LogP contribution in [0.25, 0.3) is 10.9 Å². The van der Waals surface area contributed by atoms with Crippen LogP contribution in [0.4, 0.5) is 11.6 Å². The van der Waals surface area contributed by atoms with Crippen LogP contribution in [0.1, 0.15) is 19.8 Å². The number of rotatable bonds is 5. The molecule has 3 N–H and O–H groups in total. The Bertz CT molecular complexity index is 1060. The maximum atomic E-state index is 6.57. The predicted molar refractivity (Wildman–Crippen MR) is 124 cm³/mol. The molecule has 0 radical (unpaired) electrons. The van der Waals surface area contributed by atoms with Crippen molar-refractivity contribution in [1.82, 2.24) is 14.9 Å². The Morgan fingerprint density at radius 2 is 2.00 bits per heavy atom. The Morgan fingerprint density at radius 1 is 1.27 bits per heavy atom. The highest BCUT2D eigenvalue weighted by molar-refractivity contribution is 6.69. The number of nitrogens with two attached hydrogens (primary N) is 1. The second-order valence-corrected chi connectivity index (χ2v) is 9.95. The van der Waals surface area contributed by atoms with Crippen molar-refractivity contribution in [3.8, 4) is 0 Å². The molecule has 2 aromatic rings. The molecule has 0 unspecified atom stereocenters. The number of halogens is 2. The Balaban J connectivity index is 1.37. The van der Waals surface area contributed by atoms with Gasteiger partial charge in [0, 0.05) is 49.4 Å². The summed E-state index contributed by atoms with van der Waals surface area (Å²) >= 11 is 12.9. The van der Waals surface area contributed by atoms with Gasteiger partial charge in [-0.25, -0.2) is 9.97 Å². The van der Waals surface area contributed by atoms with Gasteiger partial charge in [-0.1, -0.05) is 23.2 Å². The maximum absolute atomic E-state index is 6.57. The van der Waals surface area contributed by atoms with Crippen LogP contribution < -0.4 is 16.0 Å². The zero-order chi connectivity index (χ0) is 21.1. The van der Waals surface area contributed by atoms with Crippen molar-refractivity contribution in [3.63, 3.8) is 0 Å². The molecule has 3 heterocycles. The summed E-state index contributed by atoms with van der Waals surface area (Å²) in [5.74, 6) is 0.419. The number of benzene rings is 1. The standard InChI is InChI=1S/C21H25Cl2N7/c1-20(3-4-20)28-18(23)16(7-24)27-19-25-8-13-5-14(22)17(6-15(13)26-19)30-11-21(12-30)9-29(2)10-21/h5-8H,3-4,9-12,24H2,1-2H3,(H,25,26,27)/b16-7+,28-18?. The van der Waals surface area contributed by atoms with Crippen molar-refractivity contribution in [1.29, 1.82) is 0 Å². The Labute approximate surface area is 186 Å². The van der Waals surface area contributed by atoms with Crippen LogP contribution in [-0.2, 0) is 0 Å². The predicted octanol–water partition coefficient (Wildman–Crippen LogP) is 3.44. The Kier molecular flexibility index (Phi) is 4.61. The molecule has 9 heteroatoms. The van der Waals surface area contributed by atoms with Crippen LogP contribution in [0.15, 0.2) is 35.2 Å². The van der Waals surface area contributed by atoms with Gasteiger partial charge in [-0.3, -0.25) is 4.99 Å². The normalized spacial score (nSPS) is 22.7. The minimum atomic E-state index is -0.0766. The van der Waals surface area contributed by atoms with Crippen LogP contribution in [0, 0.1) is 5.41 Å². The lowest BCUT2D eigenvalue weighted by Crippen LogP contribution is -2.71. The lowest BCUT2D eigenvalue weighted by atomic mass is 9.73. The number of allylic oxidation sites excluding steroid dienone is 1. The summed E-state index contributed by atoms with van der Waals surface area (Å²) in [6.45, 7) is 6.44. The van der Waals surface area contributed by atoms with E-state index in [1.54, 1.807) is 6.20 Å². The number of hydrogen-bond acceptors (Lipinski definition) is 7. The summed E-state index contributed by atoms with van der Waals surface area (Å²) in [6.07, 6.45) is 5.21. The maximum Gasteiger partial charge on any atom is 0.227 e. The molecule has 158 valence electrons. The van der Waals surface area contributed by atoms with Crippen LogP contribution in [0.2, 0.25) is 5.02 Å². The number of anilines is 2. The molecule has 1 spiro atoms. The van der Waals surface area contributed by atoms with Gasteiger partial charge < -0.3 is 20.9 Å². The van der Waals surface area contributed by atoms with E-state index in [9.17, 15) is 0 Å². The van der Waals surface area contributed by atoms with Gasteiger partial charge in [0.15, 0.2) is 0 Å². The SMILES string of the molecule is CN1CC2(C1)CN(c1cc3nc(N/C(=C/N)C(Cl)=NC4(C)CC4)ncc3cc1Cl)C2. The smallest absolute Gasteiger partial charge is 0.227 e. The highest BCUT2D eigenvalue weighted by Crippen LogP contribution is 2.44. The first-order chi connectivity index (χ1) is 14.3. The van der Waals surface area contributed by atoms with E-state index < -0.39 is 0 Å². The summed E-state index contributed by atoms with van der Waals surface area (Å²) in [4.78, 5) is 18.3. The zero-order valence-electron chi connectivity index (χ0n) is 17.1. The minimum Gasteiger partial charge on any atom is -0.403 e. The lowest BCUT2D eigenvalue weighted by Gasteiger charge is -2.60. The van der Waals surface area contributed by atoms with Gasteiger partial charge in [-0.2, -0.15) is 0 Å². The van der Waals surface area contributed by atoms with E-state index in [-0.39, 0.29) is 5.54 Å². The topological polar surface area (TPSA) is 82.7 Å². The Morgan fingerprint density at radius 3 is 2.63 bits per heavy atom. The van der Waals surface area contributed by atoms with Crippen LogP contribution in [-0.4, -0.2) is 58.8 Å². The first kappa shape index (κ1) is 19.8. The molecule has 0 atom stereocenters. The second kappa shape index (κ2) is 6.97. The monoisotopic (exact) mass is 445 g/mol. The summed E-state index contributed by atoms with van der Waals surface area (Å²) < 4.78 is 0. The van der Waals surface area contributed by atoms with Crippen molar-refractivity contribution in [2.24, 2.45) is 16.1 Å². The molecule has 3 fully saturated rings. The van der Waals surface area contributed by atoms with Crippen molar-refractivity contribution >= 4 is 50.9 Å². The van der Waals surface area contributed by atoms with E-state index >= 15 is 0 Å². The number of fused-ring (bicyclic) bond motifs is 1. The summed E-state index contributed by atoms with van der Waals surface area (Å²) in [5.41, 5.74) is 8.45. The van der Waals surface area contributed by atoms with Crippen LogP contribution in [0.3, 0.4) is 0 Å². The average Bonchev–Trinajstić information content (AvgIpc) is 3.37. The average molecular weight is 446 g/mol. The van der Waals surface area contributed by atoms with Crippen molar-refractivity contribution in [2.75, 3.05) is 43.4 Å². The van der Waals surface area contributed by atoms with Gasteiger partial charge in [0.05, 0.1) is 27.5 Å². The third kappa shape index (κ3) is 3.59. The summed E-state index contributed by atoms with van der Waals surface area (Å²) in [7, 11) is 2.16. The third-order valence-electron chi connectivity index (χ3n) is 6.23. The number of aromatic nitrogens is 2. The Hall–Kier alpha value is -2.09. The molecule has 0 bridgehead atoms. The van der Waals surface area contributed by atoms with E-state index in [2.05, 4.69) is 44.0 Å². The van der Waals surface area contributed by atoms with E-state index in [4.69, 9.17) is 28.9 Å². The van der Waals surface area contributed by atoms with Gasteiger partial charge in [0.1, 0.15) is 5.17 Å². The van der Waals surface area contributed by atoms with Crippen LogP contribution >= 0.6 is 23.2 Å². The highest BCUT2D eigenvalue weighted by Gasteiger charge is 2.50. The first-order valence-corrected chi connectivity index (χ1v) is 10.9. The number of nitrogens with one attached hydrogen (secondary N) is 1. The van der Waals surface area contributed by atoms with E-state index in [1.807, 2.05) is 12.1 Å². The third-order valence-corrected chi connectivity index (χ3v) is 6.82. The molecule has 2 aliphatic heterocycles. The fraction of sp³-hybridized carbons (Fsp3) is 0.476. The number of likely N-dealkylation sites (tertiary alicyclic amines) is 1. The molecule has 5 rings (SSSR count). The minimum absolute atomic E-state index is 0.0766. The van der Waals surface area contributed by atoms with Gasteiger partial charge in [-0.15, -0.1) is 0 Å². The molecule has 30 heavy (non-hydrogen) atoms. The number of nitrogens with zero attached hydrogens (tertiary/aromatic N) is 5. The molecule has 3 aliphatic rings. The van der Waals surface area contributed by atoms with Crippen molar-refractivity contribution in [2.45, 2.75) is 25.3 Å². The molecular formula is C21H25Cl2N7. The highest BCUT2D eigenvalue weighted by atomic mass is 35.5. The number of hydrogen-bond donors (Lipinski definition) is 2. The van der Waals surface area contributed by atoms with Crippen molar-refractivity contribution < 1.29 is 0 Å². The molecular weight excluding hydrogens is 421 g/mol. The fourth-order valence-corrected chi connectivity index (χ4v) is 5.05. The second-order valence-electron chi connectivity index (χ2n) is 9.19. The first-order valence-electron chi connectivity index (χ1n) is 10.1.